The van der Waals surface area contributed by atoms with Gasteiger partial charge in [0.2, 0.25) is 11.8 Å². The zero-order valence-corrected chi connectivity index (χ0v) is 17.9. The van der Waals surface area contributed by atoms with E-state index >= 15 is 0 Å². The Morgan fingerprint density at radius 3 is 2.37 bits per heavy atom. The van der Waals surface area contributed by atoms with Gasteiger partial charge in [-0.15, -0.1) is 0 Å². The molecule has 0 spiro atoms. The molecule has 0 atom stereocenters. The van der Waals surface area contributed by atoms with Crippen LogP contribution in [0.25, 0.3) is 0 Å². The molecule has 2 heterocycles. The number of piperidine rings is 1. The molecular weight excluding hydrogens is 378 g/mol. The number of aromatic nitrogens is 1. The number of ketones is 1. The fourth-order valence-electron chi connectivity index (χ4n) is 3.60. The van der Waals surface area contributed by atoms with Crippen LogP contribution < -0.4 is 5.32 Å². The summed E-state index contributed by atoms with van der Waals surface area (Å²) in [7, 11) is 0. The lowest BCUT2D eigenvalue weighted by Gasteiger charge is -2.31. The largest absolute Gasteiger partial charge is 0.343 e. The average Bonchev–Trinajstić information content (AvgIpc) is 2.75. The van der Waals surface area contributed by atoms with Crippen molar-refractivity contribution in [3.05, 3.63) is 58.8 Å². The van der Waals surface area contributed by atoms with Crippen LogP contribution in [0.15, 0.2) is 36.5 Å². The lowest BCUT2D eigenvalue weighted by molar-refractivity contribution is -0.134. The van der Waals surface area contributed by atoms with E-state index in [1.54, 1.807) is 17.2 Å². The number of nitrogens with zero attached hydrogens (tertiary/aromatic N) is 2. The highest BCUT2D eigenvalue weighted by atomic mass is 16.2. The molecule has 0 saturated carbocycles. The van der Waals surface area contributed by atoms with Crippen molar-refractivity contribution in [3.8, 4) is 0 Å². The van der Waals surface area contributed by atoms with Gasteiger partial charge >= 0.3 is 0 Å². The van der Waals surface area contributed by atoms with Gasteiger partial charge in [-0.1, -0.05) is 18.2 Å². The fraction of sp³-hybridized carbons (Fsp3) is 0.417. The van der Waals surface area contributed by atoms with Gasteiger partial charge in [-0.25, -0.2) is 4.98 Å². The average molecular weight is 408 g/mol. The summed E-state index contributed by atoms with van der Waals surface area (Å²) in [5.74, 6) is 0.337. The number of Topliss-reactive ketones (excluding diaryl/α,β-unsaturated/α-hetero) is 1. The van der Waals surface area contributed by atoms with Crippen molar-refractivity contribution in [3.63, 3.8) is 0 Å². The quantitative estimate of drug-likeness (QED) is 0.738. The van der Waals surface area contributed by atoms with Crippen LogP contribution in [0.5, 0.6) is 0 Å². The minimum absolute atomic E-state index is 0.00804. The molecule has 0 bridgehead atoms. The third-order valence-electron chi connectivity index (χ3n) is 5.78. The first kappa shape index (κ1) is 21.7. The molecule has 1 saturated heterocycles. The van der Waals surface area contributed by atoms with Crippen LogP contribution in [0.3, 0.4) is 0 Å². The van der Waals surface area contributed by atoms with Crippen LogP contribution in [-0.4, -0.2) is 40.6 Å². The van der Waals surface area contributed by atoms with Crippen molar-refractivity contribution < 1.29 is 14.4 Å². The first-order valence-corrected chi connectivity index (χ1v) is 10.4. The standard InChI is InChI=1S/C24H29N3O3/c1-16-4-8-22(25-15-16)26-24(30)19-10-12-27(13-11-19)23(29)9-7-21(28)20-6-5-17(2)18(3)14-20/h4-6,8,14-15,19H,7,9-13H2,1-3H3,(H,25,26,30). The zero-order chi connectivity index (χ0) is 21.7. The topological polar surface area (TPSA) is 79.4 Å². The minimum atomic E-state index is -0.130. The van der Waals surface area contributed by atoms with E-state index in [1.165, 1.54) is 0 Å². The number of nitrogens with one attached hydrogen (secondary N) is 1. The van der Waals surface area contributed by atoms with Crippen molar-refractivity contribution in [1.29, 1.82) is 0 Å². The molecule has 0 unspecified atom stereocenters. The Morgan fingerprint density at radius 1 is 1.00 bits per heavy atom. The number of carbonyl (C=O) groups is 3. The number of pyridine rings is 1. The van der Waals surface area contributed by atoms with Crippen LogP contribution in [0.2, 0.25) is 0 Å². The van der Waals surface area contributed by atoms with E-state index in [2.05, 4.69) is 10.3 Å². The highest BCUT2D eigenvalue weighted by molar-refractivity contribution is 5.98. The Morgan fingerprint density at radius 2 is 1.73 bits per heavy atom. The second-order valence-electron chi connectivity index (χ2n) is 8.09. The van der Waals surface area contributed by atoms with E-state index in [-0.39, 0.29) is 36.4 Å². The molecule has 3 rings (SSSR count). The van der Waals surface area contributed by atoms with Gasteiger partial charge in [0.1, 0.15) is 5.82 Å². The molecule has 1 N–H and O–H groups in total. The summed E-state index contributed by atoms with van der Waals surface area (Å²) in [4.78, 5) is 43.3. The SMILES string of the molecule is Cc1ccc(NC(=O)C2CCN(C(=O)CCC(=O)c3ccc(C)c(C)c3)CC2)nc1. The predicted molar refractivity (Wildman–Crippen MR) is 116 cm³/mol. The highest BCUT2D eigenvalue weighted by Gasteiger charge is 2.27. The van der Waals surface area contributed by atoms with Gasteiger partial charge < -0.3 is 10.2 Å². The molecule has 2 amide bonds. The van der Waals surface area contributed by atoms with E-state index in [1.807, 2.05) is 45.0 Å². The number of aryl methyl sites for hydroxylation is 3. The van der Waals surface area contributed by atoms with Gasteiger partial charge in [0.05, 0.1) is 0 Å². The third kappa shape index (κ3) is 5.53. The first-order valence-electron chi connectivity index (χ1n) is 10.4. The molecule has 158 valence electrons. The van der Waals surface area contributed by atoms with Crippen LogP contribution in [0.4, 0.5) is 5.82 Å². The van der Waals surface area contributed by atoms with Crippen LogP contribution in [-0.2, 0) is 9.59 Å². The molecule has 0 aliphatic carbocycles. The summed E-state index contributed by atoms with van der Waals surface area (Å²) in [6, 6.07) is 9.34. The minimum Gasteiger partial charge on any atom is -0.343 e. The summed E-state index contributed by atoms with van der Waals surface area (Å²) in [5, 5.41) is 2.85. The van der Waals surface area contributed by atoms with Gasteiger partial charge in [-0.3, -0.25) is 14.4 Å². The first-order chi connectivity index (χ1) is 14.3. The Labute approximate surface area is 177 Å². The van der Waals surface area contributed by atoms with Crippen molar-refractivity contribution in [2.45, 2.75) is 46.5 Å². The van der Waals surface area contributed by atoms with Crippen LogP contribution in [0.1, 0.15) is 52.7 Å². The second kappa shape index (κ2) is 9.65. The van der Waals surface area contributed by atoms with E-state index < -0.39 is 0 Å². The van der Waals surface area contributed by atoms with Gasteiger partial charge in [-0.2, -0.15) is 0 Å². The third-order valence-corrected chi connectivity index (χ3v) is 5.78. The molecule has 1 fully saturated rings. The normalized spacial score (nSPS) is 14.4. The summed E-state index contributed by atoms with van der Waals surface area (Å²) < 4.78 is 0. The molecule has 1 aromatic carbocycles. The lowest BCUT2D eigenvalue weighted by atomic mass is 9.95. The summed E-state index contributed by atoms with van der Waals surface area (Å²) in [5.41, 5.74) is 3.92. The summed E-state index contributed by atoms with van der Waals surface area (Å²) in [6.07, 6.45) is 3.37. The fourth-order valence-corrected chi connectivity index (χ4v) is 3.60. The molecule has 6 nitrogen and oxygen atoms in total. The van der Waals surface area contributed by atoms with E-state index in [0.717, 1.165) is 16.7 Å². The summed E-state index contributed by atoms with van der Waals surface area (Å²) >= 11 is 0. The highest BCUT2D eigenvalue weighted by Crippen LogP contribution is 2.20. The van der Waals surface area contributed by atoms with Crippen molar-refractivity contribution in [2.75, 3.05) is 18.4 Å². The maximum absolute atomic E-state index is 12.5. The maximum Gasteiger partial charge on any atom is 0.228 e. The molecule has 2 aromatic rings. The van der Waals surface area contributed by atoms with Crippen molar-refractivity contribution >= 4 is 23.4 Å². The number of hydrogen-bond acceptors (Lipinski definition) is 4. The van der Waals surface area contributed by atoms with Crippen molar-refractivity contribution in [1.82, 2.24) is 9.88 Å². The molecule has 6 heteroatoms. The van der Waals surface area contributed by atoms with Gasteiger partial charge in [-0.05, 0) is 62.4 Å². The molecule has 1 aliphatic heterocycles. The number of likely N-dealkylation sites (tertiary alicyclic amines) is 1. The monoisotopic (exact) mass is 407 g/mol. The van der Waals surface area contributed by atoms with Crippen LogP contribution in [0, 0.1) is 26.7 Å². The van der Waals surface area contributed by atoms with Gasteiger partial charge in [0.25, 0.3) is 0 Å². The molecule has 30 heavy (non-hydrogen) atoms. The maximum atomic E-state index is 12.5. The van der Waals surface area contributed by atoms with E-state index in [4.69, 9.17) is 0 Å². The van der Waals surface area contributed by atoms with Crippen molar-refractivity contribution in [2.24, 2.45) is 5.92 Å². The van der Waals surface area contributed by atoms with E-state index in [0.29, 0.717) is 37.3 Å². The van der Waals surface area contributed by atoms with Crippen LogP contribution >= 0.6 is 0 Å². The zero-order valence-electron chi connectivity index (χ0n) is 17.9. The van der Waals surface area contributed by atoms with Gasteiger partial charge in [0.15, 0.2) is 5.78 Å². The number of anilines is 1. The Hall–Kier alpha value is -3.02. The van der Waals surface area contributed by atoms with E-state index in [9.17, 15) is 14.4 Å². The number of benzene rings is 1. The van der Waals surface area contributed by atoms with Gasteiger partial charge in [0, 0.05) is 43.6 Å². The molecule has 0 radical (unpaired) electrons. The molecule has 1 aromatic heterocycles. The number of carbonyl (C=O) groups excluding carboxylic acids is 3. The smallest absolute Gasteiger partial charge is 0.228 e. The second-order valence-corrected chi connectivity index (χ2v) is 8.09. The predicted octanol–water partition coefficient (Wildman–Crippen LogP) is 3.85. The Kier molecular flexibility index (Phi) is 6.98. The molecular formula is C24H29N3O3. The number of hydrogen-bond donors (Lipinski definition) is 1. The Balaban J connectivity index is 1.44. The Bertz CT molecular complexity index is 929. The summed E-state index contributed by atoms with van der Waals surface area (Å²) in [6.45, 7) is 7.01. The molecule has 1 aliphatic rings. The lowest BCUT2D eigenvalue weighted by Crippen LogP contribution is -2.41. The number of rotatable bonds is 6. The number of amides is 2.